The van der Waals surface area contributed by atoms with Crippen molar-refractivity contribution in [1.29, 1.82) is 0 Å². The van der Waals surface area contributed by atoms with Gasteiger partial charge in [-0.15, -0.1) is 0 Å². The fourth-order valence-electron chi connectivity index (χ4n) is 3.20. The molecule has 1 atom stereocenters. The summed E-state index contributed by atoms with van der Waals surface area (Å²) in [5.41, 5.74) is 3.25. The molecule has 1 amide bonds. The molecule has 1 aliphatic heterocycles. The maximum atomic E-state index is 12.6. The number of carbonyl (C=O) groups is 2. The van der Waals surface area contributed by atoms with Crippen LogP contribution in [0.25, 0.3) is 6.08 Å². The second-order valence-corrected chi connectivity index (χ2v) is 6.86. The highest BCUT2D eigenvalue weighted by Crippen LogP contribution is 2.19. The number of benzene rings is 2. The molecule has 1 unspecified atom stereocenters. The van der Waals surface area contributed by atoms with Gasteiger partial charge in [0.05, 0.1) is 0 Å². The Labute approximate surface area is 171 Å². The number of ether oxygens (including phenoxy) is 2. The molecule has 0 fully saturated rings. The summed E-state index contributed by atoms with van der Waals surface area (Å²) in [4.78, 5) is 26.5. The molecule has 0 N–H and O–H groups in total. The van der Waals surface area contributed by atoms with Gasteiger partial charge in [0.1, 0.15) is 12.4 Å². The molecule has 3 rings (SSSR count). The molecule has 1 aliphatic rings. The van der Waals surface area contributed by atoms with E-state index in [4.69, 9.17) is 9.47 Å². The molecular formula is C24H25NO4. The van der Waals surface area contributed by atoms with Gasteiger partial charge < -0.3 is 14.4 Å². The maximum Gasteiger partial charge on any atom is 0.331 e. The minimum absolute atomic E-state index is 0.176. The predicted molar refractivity (Wildman–Crippen MR) is 112 cm³/mol. The number of esters is 1. The lowest BCUT2D eigenvalue weighted by molar-refractivity contribution is -0.155. The van der Waals surface area contributed by atoms with Gasteiger partial charge in [0.25, 0.3) is 5.91 Å². The largest absolute Gasteiger partial charge is 0.490 e. The van der Waals surface area contributed by atoms with Crippen LogP contribution in [-0.2, 0) is 27.3 Å². The Kier molecular flexibility index (Phi) is 6.85. The van der Waals surface area contributed by atoms with Gasteiger partial charge in [-0.05, 0) is 48.2 Å². The monoisotopic (exact) mass is 391 g/mol. The van der Waals surface area contributed by atoms with Crippen molar-refractivity contribution in [3.63, 3.8) is 0 Å². The molecule has 150 valence electrons. The van der Waals surface area contributed by atoms with Crippen molar-refractivity contribution in [2.45, 2.75) is 26.0 Å². The van der Waals surface area contributed by atoms with E-state index in [1.165, 1.54) is 11.6 Å². The summed E-state index contributed by atoms with van der Waals surface area (Å²) >= 11 is 0. The highest BCUT2D eigenvalue weighted by Gasteiger charge is 2.26. The third-order valence-electron chi connectivity index (χ3n) is 4.74. The van der Waals surface area contributed by atoms with Gasteiger partial charge in [0.15, 0.2) is 6.10 Å². The van der Waals surface area contributed by atoms with Gasteiger partial charge >= 0.3 is 5.97 Å². The third-order valence-corrected chi connectivity index (χ3v) is 4.74. The van der Waals surface area contributed by atoms with E-state index in [1.807, 2.05) is 42.5 Å². The van der Waals surface area contributed by atoms with Crippen LogP contribution in [0.1, 0.15) is 23.6 Å². The molecule has 0 spiro atoms. The van der Waals surface area contributed by atoms with E-state index in [1.54, 1.807) is 24.0 Å². The molecule has 0 saturated carbocycles. The van der Waals surface area contributed by atoms with Crippen LogP contribution in [0.3, 0.4) is 0 Å². The lowest BCUT2D eigenvalue weighted by Crippen LogP contribution is -2.42. The van der Waals surface area contributed by atoms with E-state index in [9.17, 15) is 9.59 Å². The van der Waals surface area contributed by atoms with Crippen LogP contribution in [0.2, 0.25) is 0 Å². The maximum absolute atomic E-state index is 12.6. The van der Waals surface area contributed by atoms with Gasteiger partial charge in [-0.1, -0.05) is 49.1 Å². The van der Waals surface area contributed by atoms with E-state index in [0.29, 0.717) is 19.7 Å². The second-order valence-electron chi connectivity index (χ2n) is 6.86. The number of hydrogen-bond acceptors (Lipinski definition) is 4. The fraction of sp³-hybridized carbons (Fsp3) is 0.250. The van der Waals surface area contributed by atoms with E-state index < -0.39 is 12.1 Å². The summed E-state index contributed by atoms with van der Waals surface area (Å²) in [7, 11) is 0. The summed E-state index contributed by atoms with van der Waals surface area (Å²) in [5.74, 6) is 0.00664. The molecule has 29 heavy (non-hydrogen) atoms. The van der Waals surface area contributed by atoms with Crippen LogP contribution in [0.15, 0.2) is 67.3 Å². The van der Waals surface area contributed by atoms with Gasteiger partial charge in [0, 0.05) is 19.2 Å². The van der Waals surface area contributed by atoms with Crippen molar-refractivity contribution < 1.29 is 19.1 Å². The van der Waals surface area contributed by atoms with Crippen molar-refractivity contribution in [3.05, 3.63) is 84.0 Å². The summed E-state index contributed by atoms with van der Waals surface area (Å²) < 4.78 is 10.7. The average Bonchev–Trinajstić information content (AvgIpc) is 2.76. The van der Waals surface area contributed by atoms with Gasteiger partial charge in [-0.25, -0.2) is 4.79 Å². The molecule has 0 saturated heterocycles. The molecule has 5 heteroatoms. The van der Waals surface area contributed by atoms with Crippen LogP contribution < -0.4 is 4.74 Å². The molecule has 1 heterocycles. The number of carbonyl (C=O) groups excluding carboxylic acids is 2. The zero-order chi connectivity index (χ0) is 20.6. The van der Waals surface area contributed by atoms with Crippen molar-refractivity contribution in [2.75, 3.05) is 13.2 Å². The molecular weight excluding hydrogens is 366 g/mol. The molecule has 5 nitrogen and oxygen atoms in total. The lowest BCUT2D eigenvalue weighted by Gasteiger charge is -2.30. The average molecular weight is 391 g/mol. The minimum Gasteiger partial charge on any atom is -0.490 e. The summed E-state index contributed by atoms with van der Waals surface area (Å²) in [6.45, 7) is 6.84. The van der Waals surface area contributed by atoms with Crippen molar-refractivity contribution in [2.24, 2.45) is 0 Å². The molecule has 0 aromatic heterocycles. The smallest absolute Gasteiger partial charge is 0.331 e. The molecule has 2 aromatic carbocycles. The zero-order valence-corrected chi connectivity index (χ0v) is 16.5. The number of nitrogens with zero attached hydrogens (tertiary/aromatic N) is 1. The van der Waals surface area contributed by atoms with E-state index in [2.05, 4.69) is 12.6 Å². The molecule has 0 radical (unpaired) electrons. The van der Waals surface area contributed by atoms with E-state index in [-0.39, 0.29) is 5.91 Å². The number of fused-ring (bicyclic) bond motifs is 1. The van der Waals surface area contributed by atoms with Crippen molar-refractivity contribution >= 4 is 18.0 Å². The van der Waals surface area contributed by atoms with Crippen molar-refractivity contribution in [1.82, 2.24) is 4.90 Å². The standard InChI is InChI=1S/C24H25NO4/c1-3-16-28-22-11-8-19(9-12-22)10-13-23(26)29-18(2)24(27)25-15-14-20-6-4-5-7-21(20)17-25/h3-13,18H,1,14-17H2,2H3/b13-10+. The first-order valence-corrected chi connectivity index (χ1v) is 9.65. The Hall–Kier alpha value is -3.34. The number of rotatable bonds is 7. The minimum atomic E-state index is -0.827. The first-order valence-electron chi connectivity index (χ1n) is 9.65. The highest BCUT2D eigenvalue weighted by atomic mass is 16.5. The topological polar surface area (TPSA) is 55.8 Å². The van der Waals surface area contributed by atoms with Crippen LogP contribution in [-0.4, -0.2) is 36.0 Å². The van der Waals surface area contributed by atoms with Crippen LogP contribution in [0.5, 0.6) is 5.75 Å². The number of amides is 1. The fourth-order valence-corrected chi connectivity index (χ4v) is 3.20. The second kappa shape index (κ2) is 9.73. The lowest BCUT2D eigenvalue weighted by atomic mass is 9.99. The van der Waals surface area contributed by atoms with E-state index in [0.717, 1.165) is 23.3 Å². The predicted octanol–water partition coefficient (Wildman–Crippen LogP) is 3.78. The molecule has 0 aliphatic carbocycles. The van der Waals surface area contributed by atoms with E-state index >= 15 is 0 Å². The first-order chi connectivity index (χ1) is 14.1. The van der Waals surface area contributed by atoms with Gasteiger partial charge in [-0.3, -0.25) is 4.79 Å². The Bertz CT molecular complexity index is 901. The Morgan fingerprint density at radius 3 is 2.59 bits per heavy atom. The molecule has 2 aromatic rings. The van der Waals surface area contributed by atoms with Crippen LogP contribution >= 0.6 is 0 Å². The quantitative estimate of drug-likeness (QED) is 0.409. The Morgan fingerprint density at radius 1 is 1.14 bits per heavy atom. The third kappa shape index (κ3) is 5.57. The summed E-state index contributed by atoms with van der Waals surface area (Å²) in [6, 6.07) is 15.4. The van der Waals surface area contributed by atoms with Gasteiger partial charge in [0.2, 0.25) is 0 Å². The van der Waals surface area contributed by atoms with Crippen LogP contribution in [0.4, 0.5) is 0 Å². The number of hydrogen-bond donors (Lipinski definition) is 0. The first kappa shape index (κ1) is 20.4. The Balaban J connectivity index is 1.51. The van der Waals surface area contributed by atoms with Gasteiger partial charge in [-0.2, -0.15) is 0 Å². The SMILES string of the molecule is C=CCOc1ccc(/C=C/C(=O)OC(C)C(=O)N2CCc3ccccc3C2)cc1. The summed E-state index contributed by atoms with van der Waals surface area (Å²) in [6.07, 6.45) is 4.64. The zero-order valence-electron chi connectivity index (χ0n) is 16.5. The van der Waals surface area contributed by atoms with Crippen LogP contribution in [0, 0.1) is 0 Å². The Morgan fingerprint density at radius 2 is 1.86 bits per heavy atom. The molecule has 0 bridgehead atoms. The summed E-state index contributed by atoms with van der Waals surface area (Å²) in [5, 5.41) is 0. The normalized spacial score (nSPS) is 14.2. The van der Waals surface area contributed by atoms with Crippen molar-refractivity contribution in [3.8, 4) is 5.75 Å². The highest BCUT2D eigenvalue weighted by molar-refractivity contribution is 5.90.